The summed E-state index contributed by atoms with van der Waals surface area (Å²) in [4.78, 5) is 4.02. The van der Waals surface area contributed by atoms with Gasteiger partial charge in [0.25, 0.3) is 0 Å². The maximum Gasteiger partial charge on any atom is 0.0949 e. The summed E-state index contributed by atoms with van der Waals surface area (Å²) in [5.41, 5.74) is 2.54. The minimum atomic E-state index is 0.885. The minimum Gasteiger partial charge on any atom is -0.333 e. The Hall–Kier alpha value is -1.83. The molecule has 0 unspecified atom stereocenters. The Morgan fingerprint density at radius 1 is 1.27 bits per heavy atom. The number of aromatic nitrogens is 2. The SMILES string of the molecule is C/C=C/c1ccc(Cn2ccnc2)cc1. The lowest BCUT2D eigenvalue weighted by atomic mass is 10.1. The van der Waals surface area contributed by atoms with Crippen LogP contribution in [0.2, 0.25) is 0 Å². The maximum atomic E-state index is 4.02. The normalized spacial score (nSPS) is 11.0. The zero-order valence-electron chi connectivity index (χ0n) is 8.80. The molecule has 0 amide bonds. The van der Waals surface area contributed by atoms with E-state index in [1.54, 1.807) is 6.20 Å². The first kappa shape index (κ1) is 9.71. The van der Waals surface area contributed by atoms with E-state index in [-0.39, 0.29) is 0 Å². The molecular weight excluding hydrogens is 184 g/mol. The molecule has 0 aliphatic carbocycles. The summed E-state index contributed by atoms with van der Waals surface area (Å²) in [6.07, 6.45) is 9.75. The number of hydrogen-bond acceptors (Lipinski definition) is 1. The molecule has 1 aromatic heterocycles. The van der Waals surface area contributed by atoms with Crippen LogP contribution in [-0.4, -0.2) is 9.55 Å². The van der Waals surface area contributed by atoms with Gasteiger partial charge in [-0.05, 0) is 18.1 Å². The van der Waals surface area contributed by atoms with Gasteiger partial charge in [-0.1, -0.05) is 36.4 Å². The fourth-order valence-electron chi connectivity index (χ4n) is 1.52. The van der Waals surface area contributed by atoms with Crippen molar-refractivity contribution in [1.82, 2.24) is 9.55 Å². The fourth-order valence-corrected chi connectivity index (χ4v) is 1.52. The standard InChI is InChI=1S/C13H14N2/c1-2-3-12-4-6-13(7-5-12)10-15-9-8-14-11-15/h2-9,11H,10H2,1H3/b3-2+. The first-order valence-electron chi connectivity index (χ1n) is 5.06. The summed E-state index contributed by atoms with van der Waals surface area (Å²) < 4.78 is 2.06. The maximum absolute atomic E-state index is 4.02. The molecule has 1 aromatic carbocycles. The lowest BCUT2D eigenvalue weighted by Crippen LogP contribution is -1.95. The van der Waals surface area contributed by atoms with E-state index in [9.17, 15) is 0 Å². The molecule has 2 nitrogen and oxygen atoms in total. The third-order valence-electron chi connectivity index (χ3n) is 2.26. The van der Waals surface area contributed by atoms with Crippen LogP contribution in [0.5, 0.6) is 0 Å². The second-order valence-electron chi connectivity index (χ2n) is 3.48. The van der Waals surface area contributed by atoms with Crippen LogP contribution in [0.1, 0.15) is 18.1 Å². The van der Waals surface area contributed by atoms with E-state index in [4.69, 9.17) is 0 Å². The molecule has 1 heterocycles. The van der Waals surface area contributed by atoms with Gasteiger partial charge in [-0.3, -0.25) is 0 Å². The van der Waals surface area contributed by atoms with Crippen LogP contribution in [0, 0.1) is 0 Å². The second kappa shape index (κ2) is 4.60. The van der Waals surface area contributed by atoms with Gasteiger partial charge in [0.2, 0.25) is 0 Å². The van der Waals surface area contributed by atoms with Crippen molar-refractivity contribution in [2.75, 3.05) is 0 Å². The summed E-state index contributed by atoms with van der Waals surface area (Å²) in [7, 11) is 0. The van der Waals surface area contributed by atoms with Gasteiger partial charge >= 0.3 is 0 Å². The Bertz CT molecular complexity index is 424. The van der Waals surface area contributed by atoms with E-state index in [0.717, 1.165) is 6.54 Å². The fraction of sp³-hybridized carbons (Fsp3) is 0.154. The zero-order chi connectivity index (χ0) is 10.5. The Morgan fingerprint density at radius 3 is 2.67 bits per heavy atom. The predicted molar refractivity (Wildman–Crippen MR) is 62.5 cm³/mol. The number of benzene rings is 1. The molecule has 2 heteroatoms. The van der Waals surface area contributed by atoms with E-state index in [1.807, 2.05) is 25.5 Å². The smallest absolute Gasteiger partial charge is 0.0949 e. The zero-order valence-corrected chi connectivity index (χ0v) is 8.80. The molecule has 0 aliphatic heterocycles. The van der Waals surface area contributed by atoms with Gasteiger partial charge in [-0.25, -0.2) is 4.98 Å². The minimum absolute atomic E-state index is 0.885. The Kier molecular flexibility index (Phi) is 2.98. The quantitative estimate of drug-likeness (QED) is 0.741. The molecule has 0 saturated carbocycles. The topological polar surface area (TPSA) is 17.8 Å². The number of hydrogen-bond donors (Lipinski definition) is 0. The molecule has 2 rings (SSSR count). The largest absolute Gasteiger partial charge is 0.333 e. The molecular formula is C13H14N2. The average Bonchev–Trinajstić information content (AvgIpc) is 2.74. The lowest BCUT2D eigenvalue weighted by molar-refractivity contribution is 0.797. The molecule has 0 fully saturated rings. The Balaban J connectivity index is 2.10. The van der Waals surface area contributed by atoms with Crippen molar-refractivity contribution in [2.45, 2.75) is 13.5 Å². The van der Waals surface area contributed by atoms with Crippen molar-refractivity contribution in [3.63, 3.8) is 0 Å². The number of imidazole rings is 1. The van der Waals surface area contributed by atoms with Gasteiger partial charge in [0.05, 0.1) is 6.33 Å². The highest BCUT2D eigenvalue weighted by atomic mass is 15.0. The van der Waals surface area contributed by atoms with E-state index in [1.165, 1.54) is 11.1 Å². The first-order chi connectivity index (χ1) is 7.38. The molecule has 0 saturated heterocycles. The molecule has 15 heavy (non-hydrogen) atoms. The van der Waals surface area contributed by atoms with Gasteiger partial charge < -0.3 is 4.57 Å². The molecule has 0 spiro atoms. The van der Waals surface area contributed by atoms with Crippen molar-refractivity contribution in [2.24, 2.45) is 0 Å². The number of rotatable bonds is 3. The van der Waals surface area contributed by atoms with Gasteiger partial charge in [-0.15, -0.1) is 0 Å². The third kappa shape index (κ3) is 2.56. The lowest BCUT2D eigenvalue weighted by Gasteiger charge is -2.02. The van der Waals surface area contributed by atoms with Crippen LogP contribution in [0.3, 0.4) is 0 Å². The van der Waals surface area contributed by atoms with E-state index < -0.39 is 0 Å². The molecule has 76 valence electrons. The van der Waals surface area contributed by atoms with Gasteiger partial charge in [0.15, 0.2) is 0 Å². The Morgan fingerprint density at radius 2 is 2.07 bits per heavy atom. The average molecular weight is 198 g/mol. The van der Waals surface area contributed by atoms with Crippen molar-refractivity contribution in [3.8, 4) is 0 Å². The molecule has 0 atom stereocenters. The van der Waals surface area contributed by atoms with Gasteiger partial charge in [-0.2, -0.15) is 0 Å². The van der Waals surface area contributed by atoms with Crippen molar-refractivity contribution in [1.29, 1.82) is 0 Å². The summed E-state index contributed by atoms with van der Waals surface area (Å²) in [6, 6.07) is 8.56. The Labute approximate surface area is 89.9 Å². The molecule has 2 aromatic rings. The van der Waals surface area contributed by atoms with Crippen LogP contribution >= 0.6 is 0 Å². The molecule has 0 radical (unpaired) electrons. The van der Waals surface area contributed by atoms with E-state index in [2.05, 4.69) is 39.9 Å². The van der Waals surface area contributed by atoms with Crippen LogP contribution in [0.25, 0.3) is 6.08 Å². The monoisotopic (exact) mass is 198 g/mol. The summed E-state index contributed by atoms with van der Waals surface area (Å²) >= 11 is 0. The van der Waals surface area contributed by atoms with Crippen LogP contribution in [0.4, 0.5) is 0 Å². The summed E-state index contributed by atoms with van der Waals surface area (Å²) in [5, 5.41) is 0. The predicted octanol–water partition coefficient (Wildman–Crippen LogP) is 2.96. The van der Waals surface area contributed by atoms with E-state index in [0.29, 0.717) is 0 Å². The summed E-state index contributed by atoms with van der Waals surface area (Å²) in [6.45, 7) is 2.91. The van der Waals surface area contributed by atoms with Crippen molar-refractivity contribution in [3.05, 3.63) is 60.2 Å². The molecule has 0 aliphatic rings. The van der Waals surface area contributed by atoms with Gasteiger partial charge in [0.1, 0.15) is 0 Å². The van der Waals surface area contributed by atoms with E-state index >= 15 is 0 Å². The highest BCUT2D eigenvalue weighted by molar-refractivity contribution is 5.49. The summed E-state index contributed by atoms with van der Waals surface area (Å²) in [5.74, 6) is 0. The van der Waals surface area contributed by atoms with Crippen molar-refractivity contribution >= 4 is 6.08 Å². The first-order valence-corrected chi connectivity index (χ1v) is 5.06. The number of allylic oxidation sites excluding steroid dienone is 1. The van der Waals surface area contributed by atoms with Crippen LogP contribution in [0.15, 0.2) is 49.1 Å². The highest BCUT2D eigenvalue weighted by Crippen LogP contribution is 2.07. The van der Waals surface area contributed by atoms with Crippen LogP contribution in [-0.2, 0) is 6.54 Å². The van der Waals surface area contributed by atoms with Crippen LogP contribution < -0.4 is 0 Å². The molecule has 0 N–H and O–H groups in total. The third-order valence-corrected chi connectivity index (χ3v) is 2.26. The van der Waals surface area contributed by atoms with Gasteiger partial charge in [0, 0.05) is 18.9 Å². The molecule has 0 bridgehead atoms. The second-order valence-corrected chi connectivity index (χ2v) is 3.48. The van der Waals surface area contributed by atoms with Crippen molar-refractivity contribution < 1.29 is 0 Å². The number of nitrogens with zero attached hydrogens (tertiary/aromatic N) is 2. The highest BCUT2D eigenvalue weighted by Gasteiger charge is 1.93.